The van der Waals surface area contributed by atoms with E-state index in [1.807, 2.05) is 0 Å². The van der Waals surface area contributed by atoms with E-state index in [0.717, 1.165) is 44.6 Å². The minimum Gasteiger partial charge on any atom is -0.356 e. The molecule has 1 saturated heterocycles. The van der Waals surface area contributed by atoms with Crippen LogP contribution in [0.4, 0.5) is 5.82 Å². The molecule has 1 aromatic heterocycles. The molecule has 2 heterocycles. The molecular weight excluding hydrogens is 250 g/mol. The first-order valence-electron chi connectivity index (χ1n) is 7.84. The number of aryl methyl sites for hydroxylation is 1. The summed E-state index contributed by atoms with van der Waals surface area (Å²) in [6.07, 6.45) is 9.64. The van der Waals surface area contributed by atoms with E-state index in [2.05, 4.69) is 14.9 Å². The first kappa shape index (κ1) is 13.5. The lowest BCUT2D eigenvalue weighted by Crippen LogP contribution is -2.37. The highest BCUT2D eigenvalue weighted by Gasteiger charge is 2.25. The maximum absolute atomic E-state index is 11.5. The van der Waals surface area contributed by atoms with E-state index >= 15 is 0 Å². The van der Waals surface area contributed by atoms with Crippen molar-refractivity contribution in [2.75, 3.05) is 18.0 Å². The Morgan fingerprint density at radius 1 is 1.15 bits per heavy atom. The van der Waals surface area contributed by atoms with Crippen LogP contribution >= 0.6 is 0 Å². The molecular formula is C16H23N3O. The molecule has 3 rings (SSSR count). The molecule has 108 valence electrons. The Hall–Kier alpha value is -1.45. The zero-order valence-corrected chi connectivity index (χ0v) is 12.3. The lowest BCUT2D eigenvalue weighted by Gasteiger charge is -2.33. The Bertz CT molecular complexity index is 492. The predicted molar refractivity (Wildman–Crippen MR) is 78.9 cm³/mol. The third-order valence-corrected chi connectivity index (χ3v) is 4.72. The van der Waals surface area contributed by atoms with Crippen molar-refractivity contribution in [3.63, 3.8) is 0 Å². The number of Topliss-reactive ketones (excluding diaryl/α,β-unsaturated/α-hetero) is 1. The number of piperidine rings is 1. The molecule has 1 aliphatic carbocycles. The third kappa shape index (κ3) is 2.69. The zero-order valence-electron chi connectivity index (χ0n) is 12.3. The topological polar surface area (TPSA) is 46.1 Å². The summed E-state index contributed by atoms with van der Waals surface area (Å²) in [6, 6.07) is 0. The first-order chi connectivity index (χ1) is 9.75. The summed E-state index contributed by atoms with van der Waals surface area (Å²) >= 11 is 0. The highest BCUT2D eigenvalue weighted by molar-refractivity contribution is 5.78. The van der Waals surface area contributed by atoms with Crippen molar-refractivity contribution in [2.45, 2.75) is 51.9 Å². The largest absolute Gasteiger partial charge is 0.356 e. The van der Waals surface area contributed by atoms with Gasteiger partial charge in [0, 0.05) is 30.3 Å². The predicted octanol–water partition coefficient (Wildman–Crippen LogP) is 2.55. The average Bonchev–Trinajstić information content (AvgIpc) is 2.72. The maximum atomic E-state index is 11.5. The normalized spacial score (nSPS) is 20.4. The van der Waals surface area contributed by atoms with Gasteiger partial charge in [0.05, 0.1) is 0 Å². The molecule has 0 N–H and O–H groups in total. The number of ketones is 1. The molecule has 1 aliphatic heterocycles. The SMILES string of the molecule is CC(=O)C1CCN(c2ncnc3c2CCCCC3)CC1. The van der Waals surface area contributed by atoms with Crippen LogP contribution in [0, 0.1) is 5.92 Å². The van der Waals surface area contributed by atoms with E-state index in [1.54, 1.807) is 13.3 Å². The fourth-order valence-electron chi connectivity index (χ4n) is 3.45. The third-order valence-electron chi connectivity index (χ3n) is 4.72. The van der Waals surface area contributed by atoms with E-state index in [1.165, 1.54) is 30.5 Å². The Labute approximate surface area is 120 Å². The summed E-state index contributed by atoms with van der Waals surface area (Å²) in [6.45, 7) is 3.62. The number of carbonyl (C=O) groups excluding carboxylic acids is 1. The molecule has 4 nitrogen and oxygen atoms in total. The molecule has 0 bridgehead atoms. The van der Waals surface area contributed by atoms with E-state index in [0.29, 0.717) is 5.78 Å². The van der Waals surface area contributed by atoms with Crippen LogP contribution < -0.4 is 4.90 Å². The van der Waals surface area contributed by atoms with E-state index in [4.69, 9.17) is 0 Å². The van der Waals surface area contributed by atoms with Gasteiger partial charge in [-0.05, 0) is 45.4 Å². The summed E-state index contributed by atoms with van der Waals surface area (Å²) in [5.74, 6) is 1.73. The summed E-state index contributed by atoms with van der Waals surface area (Å²) < 4.78 is 0. The molecule has 2 aliphatic rings. The van der Waals surface area contributed by atoms with Crippen LogP contribution in [0.25, 0.3) is 0 Å². The number of rotatable bonds is 2. The second kappa shape index (κ2) is 5.90. The first-order valence-corrected chi connectivity index (χ1v) is 7.84. The van der Waals surface area contributed by atoms with Gasteiger partial charge in [0.25, 0.3) is 0 Å². The maximum Gasteiger partial charge on any atom is 0.135 e. The molecule has 0 aromatic carbocycles. The zero-order chi connectivity index (χ0) is 13.9. The van der Waals surface area contributed by atoms with Crippen LogP contribution in [0.5, 0.6) is 0 Å². The van der Waals surface area contributed by atoms with Crippen LogP contribution in [0.3, 0.4) is 0 Å². The van der Waals surface area contributed by atoms with Gasteiger partial charge in [-0.3, -0.25) is 4.79 Å². The summed E-state index contributed by atoms with van der Waals surface area (Å²) in [5.41, 5.74) is 2.62. The highest BCUT2D eigenvalue weighted by Crippen LogP contribution is 2.29. The number of hydrogen-bond acceptors (Lipinski definition) is 4. The van der Waals surface area contributed by atoms with Crippen molar-refractivity contribution in [2.24, 2.45) is 5.92 Å². The van der Waals surface area contributed by atoms with E-state index in [9.17, 15) is 4.79 Å². The van der Waals surface area contributed by atoms with Crippen molar-refractivity contribution < 1.29 is 4.79 Å². The van der Waals surface area contributed by atoms with E-state index < -0.39 is 0 Å². The quantitative estimate of drug-likeness (QED) is 0.777. The van der Waals surface area contributed by atoms with Crippen LogP contribution in [-0.2, 0) is 17.6 Å². The fraction of sp³-hybridized carbons (Fsp3) is 0.688. The highest BCUT2D eigenvalue weighted by atomic mass is 16.1. The number of nitrogens with zero attached hydrogens (tertiary/aromatic N) is 3. The monoisotopic (exact) mass is 273 g/mol. The van der Waals surface area contributed by atoms with Crippen molar-refractivity contribution in [1.82, 2.24) is 9.97 Å². The van der Waals surface area contributed by atoms with Crippen molar-refractivity contribution in [3.8, 4) is 0 Å². The number of hydrogen-bond donors (Lipinski definition) is 0. The molecule has 4 heteroatoms. The second-order valence-electron chi connectivity index (χ2n) is 6.06. The lowest BCUT2D eigenvalue weighted by molar-refractivity contribution is -0.121. The van der Waals surface area contributed by atoms with Crippen molar-refractivity contribution in [1.29, 1.82) is 0 Å². The fourth-order valence-corrected chi connectivity index (χ4v) is 3.45. The summed E-state index contributed by atoms with van der Waals surface area (Å²) in [5, 5.41) is 0. The molecule has 20 heavy (non-hydrogen) atoms. The minimum absolute atomic E-state index is 0.256. The standard InChI is InChI=1S/C16H23N3O/c1-12(20)13-7-9-19(10-8-13)16-14-5-3-2-4-6-15(14)17-11-18-16/h11,13H,2-10H2,1H3. The second-order valence-corrected chi connectivity index (χ2v) is 6.06. The molecule has 0 saturated carbocycles. The van der Waals surface area contributed by atoms with Crippen molar-refractivity contribution in [3.05, 3.63) is 17.6 Å². The summed E-state index contributed by atoms with van der Waals surface area (Å²) in [7, 11) is 0. The minimum atomic E-state index is 0.256. The van der Waals surface area contributed by atoms with Crippen LogP contribution in [0.15, 0.2) is 6.33 Å². The van der Waals surface area contributed by atoms with Gasteiger partial charge < -0.3 is 4.90 Å². The van der Waals surface area contributed by atoms with Gasteiger partial charge in [-0.15, -0.1) is 0 Å². The Morgan fingerprint density at radius 2 is 1.90 bits per heavy atom. The molecule has 1 aromatic rings. The average molecular weight is 273 g/mol. The van der Waals surface area contributed by atoms with E-state index in [-0.39, 0.29) is 5.92 Å². The van der Waals surface area contributed by atoms with Crippen LogP contribution in [0.2, 0.25) is 0 Å². The molecule has 0 amide bonds. The molecule has 0 unspecified atom stereocenters. The Morgan fingerprint density at radius 3 is 2.65 bits per heavy atom. The molecule has 0 atom stereocenters. The van der Waals surface area contributed by atoms with Gasteiger partial charge in [0.1, 0.15) is 17.9 Å². The van der Waals surface area contributed by atoms with Crippen molar-refractivity contribution >= 4 is 11.6 Å². The number of anilines is 1. The number of aromatic nitrogens is 2. The number of carbonyl (C=O) groups is 1. The van der Waals surface area contributed by atoms with Gasteiger partial charge >= 0.3 is 0 Å². The molecule has 0 spiro atoms. The number of fused-ring (bicyclic) bond motifs is 1. The van der Waals surface area contributed by atoms with Gasteiger partial charge in [-0.25, -0.2) is 9.97 Å². The van der Waals surface area contributed by atoms with Gasteiger partial charge in [0.2, 0.25) is 0 Å². The molecule has 1 fully saturated rings. The molecule has 0 radical (unpaired) electrons. The summed E-state index contributed by atoms with van der Waals surface area (Å²) in [4.78, 5) is 22.9. The van der Waals surface area contributed by atoms with Crippen LogP contribution in [0.1, 0.15) is 50.3 Å². The van der Waals surface area contributed by atoms with Gasteiger partial charge in [-0.2, -0.15) is 0 Å². The Balaban J connectivity index is 1.79. The van der Waals surface area contributed by atoms with Crippen LogP contribution in [-0.4, -0.2) is 28.8 Å². The van der Waals surface area contributed by atoms with Gasteiger partial charge in [-0.1, -0.05) is 6.42 Å². The lowest BCUT2D eigenvalue weighted by atomic mass is 9.93. The Kier molecular flexibility index (Phi) is 3.99. The van der Waals surface area contributed by atoms with Gasteiger partial charge in [0.15, 0.2) is 0 Å². The smallest absolute Gasteiger partial charge is 0.135 e.